The normalized spacial score (nSPS) is 21.4. The molecule has 0 unspecified atom stereocenters. The summed E-state index contributed by atoms with van der Waals surface area (Å²) in [6.07, 6.45) is 2.68. The summed E-state index contributed by atoms with van der Waals surface area (Å²) < 4.78 is 8.42. The minimum Gasteiger partial charge on any atom is -0.468 e. The van der Waals surface area contributed by atoms with Crippen molar-refractivity contribution in [3.05, 3.63) is 86.6 Å². The van der Waals surface area contributed by atoms with E-state index in [1.807, 2.05) is 42.5 Å². The number of aromatic nitrogens is 3. The molecule has 2 aliphatic rings. The predicted octanol–water partition coefficient (Wildman–Crippen LogP) is 1.67. The molecule has 0 saturated carbocycles. The second-order valence-electron chi connectivity index (χ2n) is 7.69. The van der Waals surface area contributed by atoms with Crippen LogP contribution in [0.1, 0.15) is 29.5 Å². The number of rotatable bonds is 4. The van der Waals surface area contributed by atoms with Gasteiger partial charge in [-0.1, -0.05) is 30.3 Å². The maximum Gasteiger partial charge on any atom is 0.332 e. The van der Waals surface area contributed by atoms with E-state index in [4.69, 9.17) is 4.42 Å². The van der Waals surface area contributed by atoms with Gasteiger partial charge in [-0.05, 0) is 36.6 Å². The molecule has 2 atom stereocenters. The Labute approximate surface area is 161 Å². The van der Waals surface area contributed by atoms with Gasteiger partial charge in [0.2, 0.25) is 0 Å². The lowest BCUT2D eigenvalue weighted by atomic mass is 9.87. The van der Waals surface area contributed by atoms with Crippen LogP contribution in [0.4, 0.5) is 0 Å². The number of hydrogen-bond acceptors (Lipinski definition) is 5. The van der Waals surface area contributed by atoms with Crippen molar-refractivity contribution < 1.29 is 4.42 Å². The molecule has 1 saturated heterocycles. The van der Waals surface area contributed by atoms with Crippen molar-refractivity contribution in [2.75, 3.05) is 13.1 Å². The molecule has 1 aromatic carbocycles. The SMILES string of the molecule is O=c1c(=O)n2c(nn1Cc1ccccc1)[C@H]1CN(Cc3ccco3)CC[C@@H]1C2. The first kappa shape index (κ1) is 17.2. The van der Waals surface area contributed by atoms with E-state index in [2.05, 4.69) is 10.00 Å². The number of piperidine rings is 1. The van der Waals surface area contributed by atoms with Gasteiger partial charge in [-0.3, -0.25) is 19.1 Å². The fourth-order valence-corrected chi connectivity index (χ4v) is 4.45. The fraction of sp³-hybridized carbons (Fsp3) is 0.381. The minimum absolute atomic E-state index is 0.166. The summed E-state index contributed by atoms with van der Waals surface area (Å²) in [5.74, 6) is 2.21. The highest BCUT2D eigenvalue weighted by Gasteiger charge is 2.40. The van der Waals surface area contributed by atoms with Crippen molar-refractivity contribution in [1.82, 2.24) is 19.2 Å². The van der Waals surface area contributed by atoms with E-state index >= 15 is 0 Å². The summed E-state index contributed by atoms with van der Waals surface area (Å²) in [5.41, 5.74) is -0.0364. The maximum atomic E-state index is 12.7. The van der Waals surface area contributed by atoms with Gasteiger partial charge in [-0.15, -0.1) is 0 Å². The zero-order valence-corrected chi connectivity index (χ0v) is 15.5. The van der Waals surface area contributed by atoms with Gasteiger partial charge in [0.15, 0.2) is 0 Å². The van der Waals surface area contributed by atoms with Crippen molar-refractivity contribution in [3.63, 3.8) is 0 Å². The molecule has 5 rings (SSSR count). The monoisotopic (exact) mass is 378 g/mol. The molecule has 4 heterocycles. The largest absolute Gasteiger partial charge is 0.468 e. The van der Waals surface area contributed by atoms with E-state index < -0.39 is 11.1 Å². The van der Waals surface area contributed by atoms with Crippen LogP contribution < -0.4 is 11.1 Å². The summed E-state index contributed by atoms with van der Waals surface area (Å²) in [4.78, 5) is 27.6. The Morgan fingerprint density at radius 3 is 2.64 bits per heavy atom. The molecule has 0 amide bonds. The van der Waals surface area contributed by atoms with Crippen LogP contribution in [0.5, 0.6) is 0 Å². The second-order valence-corrected chi connectivity index (χ2v) is 7.69. The van der Waals surface area contributed by atoms with Crippen LogP contribution in [-0.4, -0.2) is 32.3 Å². The number of nitrogens with zero attached hydrogens (tertiary/aromatic N) is 4. The molecule has 0 bridgehead atoms. The Morgan fingerprint density at radius 1 is 1.00 bits per heavy atom. The molecule has 2 aliphatic heterocycles. The van der Waals surface area contributed by atoms with Crippen LogP contribution in [0.2, 0.25) is 0 Å². The highest BCUT2D eigenvalue weighted by atomic mass is 16.3. The molecule has 7 nitrogen and oxygen atoms in total. The summed E-state index contributed by atoms with van der Waals surface area (Å²) in [5, 5.41) is 4.64. The van der Waals surface area contributed by atoms with Crippen LogP contribution in [0.25, 0.3) is 0 Å². The number of furan rings is 1. The van der Waals surface area contributed by atoms with E-state index in [1.165, 1.54) is 4.68 Å². The van der Waals surface area contributed by atoms with E-state index in [9.17, 15) is 9.59 Å². The average molecular weight is 378 g/mol. The topological polar surface area (TPSA) is 73.3 Å². The Hall–Kier alpha value is -2.93. The van der Waals surface area contributed by atoms with Gasteiger partial charge >= 0.3 is 11.1 Å². The molecule has 2 aromatic heterocycles. The zero-order chi connectivity index (χ0) is 19.1. The van der Waals surface area contributed by atoms with E-state index in [0.717, 1.165) is 43.2 Å². The standard InChI is InChI=1S/C21H22N4O3/c26-20-21(27)25(11-15-5-2-1-3-6-15)22-19-18-14-23(13-17-7-4-10-28-17)9-8-16(18)12-24(19)20/h1-7,10,16,18H,8-9,11-14H2/t16-,18+/m1/s1. The van der Waals surface area contributed by atoms with E-state index in [1.54, 1.807) is 10.8 Å². The third-order valence-electron chi connectivity index (χ3n) is 5.89. The molecule has 7 heteroatoms. The Morgan fingerprint density at radius 2 is 1.86 bits per heavy atom. The van der Waals surface area contributed by atoms with Crippen molar-refractivity contribution in [2.24, 2.45) is 5.92 Å². The van der Waals surface area contributed by atoms with Crippen LogP contribution in [0.15, 0.2) is 62.7 Å². The van der Waals surface area contributed by atoms with Gasteiger partial charge in [0.05, 0.1) is 19.4 Å². The van der Waals surface area contributed by atoms with Gasteiger partial charge in [0.1, 0.15) is 11.6 Å². The fourth-order valence-electron chi connectivity index (χ4n) is 4.45. The summed E-state index contributed by atoms with van der Waals surface area (Å²) in [7, 11) is 0. The smallest absolute Gasteiger partial charge is 0.332 e. The van der Waals surface area contributed by atoms with Crippen LogP contribution in [0, 0.1) is 5.92 Å². The maximum absolute atomic E-state index is 12.7. The molecular formula is C21H22N4O3. The first-order chi connectivity index (χ1) is 13.7. The highest BCUT2D eigenvalue weighted by molar-refractivity contribution is 5.16. The lowest BCUT2D eigenvalue weighted by molar-refractivity contribution is 0.148. The molecule has 0 radical (unpaired) electrons. The molecule has 0 N–H and O–H groups in total. The Bertz CT molecular complexity index is 1090. The first-order valence-corrected chi connectivity index (χ1v) is 9.69. The molecule has 28 heavy (non-hydrogen) atoms. The van der Waals surface area contributed by atoms with E-state index in [-0.39, 0.29) is 5.92 Å². The number of likely N-dealkylation sites (tertiary alicyclic amines) is 1. The lowest BCUT2D eigenvalue weighted by Crippen LogP contribution is -2.43. The quantitative estimate of drug-likeness (QED) is 0.646. The first-order valence-electron chi connectivity index (χ1n) is 9.69. The third-order valence-corrected chi connectivity index (χ3v) is 5.89. The number of hydrogen-bond donors (Lipinski definition) is 0. The van der Waals surface area contributed by atoms with Crippen molar-refractivity contribution in [1.29, 1.82) is 0 Å². The molecule has 1 fully saturated rings. The van der Waals surface area contributed by atoms with E-state index in [0.29, 0.717) is 19.0 Å². The second kappa shape index (κ2) is 6.91. The van der Waals surface area contributed by atoms with Crippen LogP contribution >= 0.6 is 0 Å². The molecule has 3 aromatic rings. The summed E-state index contributed by atoms with van der Waals surface area (Å²) >= 11 is 0. The van der Waals surface area contributed by atoms with Crippen LogP contribution in [-0.2, 0) is 19.6 Å². The van der Waals surface area contributed by atoms with Crippen LogP contribution in [0.3, 0.4) is 0 Å². The van der Waals surface area contributed by atoms with Gasteiger partial charge in [0, 0.05) is 19.0 Å². The lowest BCUT2D eigenvalue weighted by Gasteiger charge is -2.33. The molecule has 144 valence electrons. The number of benzene rings is 1. The van der Waals surface area contributed by atoms with Gasteiger partial charge in [-0.25, -0.2) is 4.68 Å². The van der Waals surface area contributed by atoms with Crippen molar-refractivity contribution in [3.8, 4) is 0 Å². The van der Waals surface area contributed by atoms with Crippen molar-refractivity contribution >= 4 is 0 Å². The van der Waals surface area contributed by atoms with Gasteiger partial charge in [0.25, 0.3) is 0 Å². The number of fused-ring (bicyclic) bond motifs is 3. The average Bonchev–Trinajstić information content (AvgIpc) is 3.35. The molecule has 0 aliphatic carbocycles. The molecule has 0 spiro atoms. The summed E-state index contributed by atoms with van der Waals surface area (Å²) in [6, 6.07) is 13.5. The van der Waals surface area contributed by atoms with Crippen molar-refractivity contribution in [2.45, 2.75) is 32.0 Å². The molecular weight excluding hydrogens is 356 g/mol. The van der Waals surface area contributed by atoms with Gasteiger partial charge < -0.3 is 4.42 Å². The minimum atomic E-state index is -0.543. The Kier molecular flexibility index (Phi) is 4.24. The summed E-state index contributed by atoms with van der Waals surface area (Å²) in [6.45, 7) is 3.45. The predicted molar refractivity (Wildman–Crippen MR) is 103 cm³/mol. The van der Waals surface area contributed by atoms with Gasteiger partial charge in [-0.2, -0.15) is 5.10 Å². The zero-order valence-electron chi connectivity index (χ0n) is 15.5. The highest BCUT2D eigenvalue weighted by Crippen LogP contribution is 2.37. The third kappa shape index (κ3) is 3.01. The Balaban J connectivity index is 1.45.